The largest absolute Gasteiger partial charge is 0.469 e. The van der Waals surface area contributed by atoms with Gasteiger partial charge in [0.05, 0.1) is 19.6 Å². The molecular formula is C18H17ClN2O3. The lowest BCUT2D eigenvalue weighted by atomic mass is 10.0. The third-order valence-electron chi connectivity index (χ3n) is 3.31. The zero-order valence-electron chi connectivity index (χ0n) is 13.1. The van der Waals surface area contributed by atoms with E-state index in [1.807, 2.05) is 6.07 Å². The molecule has 0 fully saturated rings. The topological polar surface area (TPSA) is 68.3 Å². The number of pyridine rings is 1. The number of hydrogen-bond acceptors (Lipinski definition) is 4. The van der Waals surface area contributed by atoms with E-state index in [4.69, 9.17) is 16.3 Å². The molecule has 0 saturated heterocycles. The van der Waals surface area contributed by atoms with Crippen molar-refractivity contribution in [3.05, 3.63) is 71.0 Å². The van der Waals surface area contributed by atoms with Gasteiger partial charge in [0.2, 0.25) is 5.91 Å². The molecule has 0 saturated carbocycles. The van der Waals surface area contributed by atoms with Crippen molar-refractivity contribution in [2.24, 2.45) is 0 Å². The predicted octanol–water partition coefficient (Wildman–Crippen LogP) is 3.17. The number of amides is 1. The first-order valence-corrected chi connectivity index (χ1v) is 7.68. The number of rotatable bonds is 6. The number of carbonyl (C=O) groups excluding carboxylic acids is 2. The van der Waals surface area contributed by atoms with Crippen molar-refractivity contribution in [2.45, 2.75) is 12.5 Å². The Labute approximate surface area is 145 Å². The summed E-state index contributed by atoms with van der Waals surface area (Å²) in [6.45, 7) is 0. The Morgan fingerprint density at radius 2 is 2.08 bits per heavy atom. The van der Waals surface area contributed by atoms with Gasteiger partial charge < -0.3 is 10.1 Å². The minimum Gasteiger partial charge on any atom is -0.469 e. The Kier molecular flexibility index (Phi) is 6.51. The van der Waals surface area contributed by atoms with Crippen molar-refractivity contribution in [3.8, 4) is 0 Å². The molecule has 2 rings (SSSR count). The number of benzene rings is 1. The lowest BCUT2D eigenvalue weighted by Crippen LogP contribution is -2.29. The Bertz CT molecular complexity index is 732. The lowest BCUT2D eigenvalue weighted by Gasteiger charge is -2.18. The molecule has 124 valence electrons. The van der Waals surface area contributed by atoms with Gasteiger partial charge in [-0.2, -0.15) is 0 Å². The molecule has 24 heavy (non-hydrogen) atoms. The van der Waals surface area contributed by atoms with Gasteiger partial charge in [0, 0.05) is 23.5 Å². The maximum absolute atomic E-state index is 12.2. The molecule has 0 bridgehead atoms. The van der Waals surface area contributed by atoms with Gasteiger partial charge in [-0.1, -0.05) is 35.9 Å². The molecule has 0 spiro atoms. The van der Waals surface area contributed by atoms with E-state index < -0.39 is 12.0 Å². The van der Waals surface area contributed by atoms with Crippen LogP contribution in [0.2, 0.25) is 5.02 Å². The second-order valence-electron chi connectivity index (χ2n) is 4.98. The molecular weight excluding hydrogens is 328 g/mol. The minimum atomic E-state index is -0.572. The van der Waals surface area contributed by atoms with Crippen LogP contribution in [-0.4, -0.2) is 24.0 Å². The van der Waals surface area contributed by atoms with Gasteiger partial charge in [-0.05, 0) is 29.3 Å². The number of carbonyl (C=O) groups is 2. The van der Waals surface area contributed by atoms with Crippen LogP contribution >= 0.6 is 11.6 Å². The highest BCUT2D eigenvalue weighted by Gasteiger charge is 2.20. The van der Waals surface area contributed by atoms with Crippen LogP contribution in [0.15, 0.2) is 54.9 Å². The maximum Gasteiger partial charge on any atom is 0.307 e. The minimum absolute atomic E-state index is 0.00724. The predicted molar refractivity (Wildman–Crippen MR) is 92.2 cm³/mol. The highest BCUT2D eigenvalue weighted by atomic mass is 35.5. The average Bonchev–Trinajstić information content (AvgIpc) is 2.60. The van der Waals surface area contributed by atoms with Gasteiger partial charge in [0.25, 0.3) is 0 Å². The van der Waals surface area contributed by atoms with Gasteiger partial charge in [0.1, 0.15) is 0 Å². The molecule has 0 aliphatic rings. The fraction of sp³-hybridized carbons (Fsp3) is 0.167. The van der Waals surface area contributed by atoms with Crippen LogP contribution in [0, 0.1) is 0 Å². The first kappa shape index (κ1) is 17.7. The normalized spacial score (nSPS) is 11.9. The Balaban J connectivity index is 2.13. The van der Waals surface area contributed by atoms with Crippen LogP contribution in [0.4, 0.5) is 0 Å². The fourth-order valence-electron chi connectivity index (χ4n) is 2.11. The standard InChI is InChI=1S/C18H17ClN2O3/c1-24-18(23)11-16(14-6-2-3-7-15(14)19)21-17(22)9-8-13-5-4-10-20-12-13/h2-10,12,16H,11H2,1H3,(H,21,22)/b9-8+. The average molecular weight is 345 g/mol. The van der Waals surface area contributed by atoms with E-state index in [1.165, 1.54) is 13.2 Å². The molecule has 0 aliphatic carbocycles. The number of esters is 1. The number of nitrogens with zero attached hydrogens (tertiary/aromatic N) is 1. The summed E-state index contributed by atoms with van der Waals surface area (Å²) in [7, 11) is 1.30. The van der Waals surface area contributed by atoms with Gasteiger partial charge >= 0.3 is 5.97 Å². The second kappa shape index (κ2) is 8.84. The Morgan fingerprint density at radius 1 is 1.29 bits per heavy atom. The SMILES string of the molecule is COC(=O)CC(NC(=O)/C=C/c1cccnc1)c1ccccc1Cl. The zero-order chi connectivity index (χ0) is 17.4. The molecule has 6 heteroatoms. The van der Waals surface area contributed by atoms with Crippen molar-refractivity contribution in [2.75, 3.05) is 7.11 Å². The molecule has 1 N–H and O–H groups in total. The van der Waals surface area contributed by atoms with E-state index in [1.54, 1.807) is 48.8 Å². The quantitative estimate of drug-likeness (QED) is 0.645. The fourth-order valence-corrected chi connectivity index (χ4v) is 2.38. The lowest BCUT2D eigenvalue weighted by molar-refractivity contribution is -0.141. The molecule has 0 aliphatic heterocycles. The summed E-state index contributed by atoms with van der Waals surface area (Å²) in [5.41, 5.74) is 1.46. The monoisotopic (exact) mass is 344 g/mol. The van der Waals surface area contributed by atoms with Crippen LogP contribution in [0.3, 0.4) is 0 Å². The summed E-state index contributed by atoms with van der Waals surface area (Å²) in [5, 5.41) is 3.25. The number of ether oxygens (including phenoxy) is 1. The maximum atomic E-state index is 12.2. The second-order valence-corrected chi connectivity index (χ2v) is 5.39. The molecule has 5 nitrogen and oxygen atoms in total. The van der Waals surface area contributed by atoms with E-state index in [0.29, 0.717) is 10.6 Å². The first-order chi connectivity index (χ1) is 11.6. The molecule has 0 radical (unpaired) electrons. The van der Waals surface area contributed by atoms with Crippen molar-refractivity contribution >= 4 is 29.6 Å². The zero-order valence-corrected chi connectivity index (χ0v) is 13.9. The molecule has 2 aromatic rings. The Hall–Kier alpha value is -2.66. The van der Waals surface area contributed by atoms with Crippen LogP contribution in [-0.2, 0) is 14.3 Å². The van der Waals surface area contributed by atoms with E-state index in [2.05, 4.69) is 10.3 Å². The molecule has 1 heterocycles. The highest BCUT2D eigenvalue weighted by Crippen LogP contribution is 2.25. The van der Waals surface area contributed by atoms with Crippen LogP contribution < -0.4 is 5.32 Å². The third kappa shape index (κ3) is 5.21. The summed E-state index contributed by atoms with van der Waals surface area (Å²) < 4.78 is 4.69. The molecule has 1 atom stereocenters. The summed E-state index contributed by atoms with van der Waals surface area (Å²) in [6, 6.07) is 10.1. The van der Waals surface area contributed by atoms with Crippen molar-refractivity contribution in [1.82, 2.24) is 10.3 Å². The summed E-state index contributed by atoms with van der Waals surface area (Å²) >= 11 is 6.17. The Morgan fingerprint density at radius 3 is 2.75 bits per heavy atom. The van der Waals surface area contributed by atoms with E-state index >= 15 is 0 Å². The van der Waals surface area contributed by atoms with Crippen LogP contribution in [0.1, 0.15) is 23.6 Å². The smallest absolute Gasteiger partial charge is 0.307 e. The summed E-state index contributed by atoms with van der Waals surface area (Å²) in [6.07, 6.45) is 6.32. The molecule has 1 aromatic heterocycles. The van der Waals surface area contributed by atoms with Gasteiger partial charge in [-0.15, -0.1) is 0 Å². The van der Waals surface area contributed by atoms with E-state index in [9.17, 15) is 9.59 Å². The van der Waals surface area contributed by atoms with Crippen molar-refractivity contribution in [1.29, 1.82) is 0 Å². The molecule has 1 amide bonds. The van der Waals surface area contributed by atoms with Gasteiger partial charge in [-0.3, -0.25) is 14.6 Å². The van der Waals surface area contributed by atoms with Gasteiger partial charge in [0.15, 0.2) is 0 Å². The number of methoxy groups -OCH3 is 1. The number of nitrogens with one attached hydrogen (secondary N) is 1. The highest BCUT2D eigenvalue weighted by molar-refractivity contribution is 6.31. The number of aromatic nitrogens is 1. The number of halogens is 1. The summed E-state index contributed by atoms with van der Waals surface area (Å²) in [5.74, 6) is -0.774. The molecule has 1 aromatic carbocycles. The van der Waals surface area contributed by atoms with Crippen LogP contribution in [0.5, 0.6) is 0 Å². The third-order valence-corrected chi connectivity index (χ3v) is 3.65. The van der Waals surface area contributed by atoms with Crippen molar-refractivity contribution < 1.29 is 14.3 Å². The number of hydrogen-bond donors (Lipinski definition) is 1. The van der Waals surface area contributed by atoms with Crippen LogP contribution in [0.25, 0.3) is 6.08 Å². The summed E-state index contributed by atoms with van der Waals surface area (Å²) in [4.78, 5) is 27.8. The van der Waals surface area contributed by atoms with Crippen molar-refractivity contribution in [3.63, 3.8) is 0 Å². The van der Waals surface area contributed by atoms with Gasteiger partial charge in [-0.25, -0.2) is 0 Å². The first-order valence-electron chi connectivity index (χ1n) is 7.30. The van der Waals surface area contributed by atoms with E-state index in [0.717, 1.165) is 5.56 Å². The molecule has 1 unspecified atom stereocenters. The van der Waals surface area contributed by atoms with E-state index in [-0.39, 0.29) is 12.3 Å².